The SMILES string of the molecule is CCC1CCCCN1S(=O)(=O)NC(=O)[C@@]12C[C@H]1/C=C\CCCCCC(NC(=O)OC(C)(C)C)C(=O)N1CCC[C@H]1C(=O)N2. The minimum atomic E-state index is -4.10. The van der Waals surface area contributed by atoms with Crippen molar-refractivity contribution >= 4 is 34.0 Å². The zero-order chi connectivity index (χ0) is 31.4. The van der Waals surface area contributed by atoms with E-state index in [1.54, 1.807) is 20.8 Å². The molecule has 4 rings (SSSR count). The summed E-state index contributed by atoms with van der Waals surface area (Å²) in [4.78, 5) is 55.2. The van der Waals surface area contributed by atoms with Crippen LogP contribution in [0.2, 0.25) is 0 Å². The fourth-order valence-electron chi connectivity index (χ4n) is 6.51. The van der Waals surface area contributed by atoms with E-state index in [0.717, 1.165) is 38.5 Å². The van der Waals surface area contributed by atoms with Crippen molar-refractivity contribution < 1.29 is 32.3 Å². The van der Waals surface area contributed by atoms with Gasteiger partial charge in [-0.2, -0.15) is 12.7 Å². The molecule has 12 nitrogen and oxygen atoms in total. The van der Waals surface area contributed by atoms with Crippen LogP contribution in [0.4, 0.5) is 4.79 Å². The molecule has 0 spiro atoms. The molecule has 4 amide bonds. The van der Waals surface area contributed by atoms with Gasteiger partial charge in [0.1, 0.15) is 23.2 Å². The molecule has 0 bridgehead atoms. The van der Waals surface area contributed by atoms with Crippen LogP contribution in [0, 0.1) is 5.92 Å². The molecule has 2 saturated heterocycles. The highest BCUT2D eigenvalue weighted by molar-refractivity contribution is 7.87. The highest BCUT2D eigenvalue weighted by Gasteiger charge is 2.61. The largest absolute Gasteiger partial charge is 0.444 e. The summed E-state index contributed by atoms with van der Waals surface area (Å²) < 4.78 is 35.8. The predicted molar refractivity (Wildman–Crippen MR) is 161 cm³/mol. The van der Waals surface area contributed by atoms with Gasteiger partial charge in [0, 0.05) is 25.0 Å². The second-order valence-corrected chi connectivity index (χ2v) is 15.0. The number of hydrogen-bond donors (Lipinski definition) is 3. The number of ether oxygens (including phenoxy) is 1. The van der Waals surface area contributed by atoms with Crippen molar-refractivity contribution in [2.75, 3.05) is 13.1 Å². The fraction of sp³-hybridized carbons (Fsp3) is 0.800. The summed E-state index contributed by atoms with van der Waals surface area (Å²) in [7, 11) is -4.10. The first kappa shape index (κ1) is 33.2. The molecular weight excluding hydrogens is 574 g/mol. The van der Waals surface area contributed by atoms with Crippen molar-refractivity contribution in [1.82, 2.24) is 24.6 Å². The zero-order valence-corrected chi connectivity index (χ0v) is 26.8. The number of allylic oxidation sites excluding steroid dienone is 1. The first-order valence-corrected chi connectivity index (χ1v) is 17.3. The Morgan fingerprint density at radius 3 is 2.51 bits per heavy atom. The third kappa shape index (κ3) is 8.09. The van der Waals surface area contributed by atoms with Gasteiger partial charge in [0.25, 0.3) is 5.91 Å². The summed E-state index contributed by atoms with van der Waals surface area (Å²) in [5.41, 5.74) is -2.15. The quantitative estimate of drug-likeness (QED) is 0.398. The van der Waals surface area contributed by atoms with Gasteiger partial charge in [0.15, 0.2) is 0 Å². The van der Waals surface area contributed by atoms with Crippen LogP contribution in [-0.4, -0.2) is 83.8 Å². The lowest BCUT2D eigenvalue weighted by Crippen LogP contribution is -2.59. The van der Waals surface area contributed by atoms with Gasteiger partial charge in [-0.1, -0.05) is 38.3 Å². The second kappa shape index (κ2) is 13.5. The second-order valence-electron chi connectivity index (χ2n) is 13.3. The van der Waals surface area contributed by atoms with Gasteiger partial charge in [-0.3, -0.25) is 14.4 Å². The standard InChI is InChI=1S/C30H49N5O7S/c1-5-22-15-11-12-19-35(22)43(40,41)33-27(38)30-20-21(30)14-9-7-6-8-10-16-23(31-28(39)42-29(2,3)4)26(37)34-18-13-17-24(34)25(36)32-30/h9,14,21-24H,5-8,10-13,15-20H2,1-4H3,(H,31,39)(H,32,36)(H,33,38)/b14-9-/t21-,22?,23?,24+,30-/m1/s1. The lowest BCUT2D eigenvalue weighted by Gasteiger charge is -2.34. The molecule has 4 aliphatic rings. The number of piperidine rings is 1. The molecule has 43 heavy (non-hydrogen) atoms. The van der Waals surface area contributed by atoms with Gasteiger partial charge < -0.3 is 20.3 Å². The number of rotatable bonds is 5. The normalized spacial score (nSPS) is 31.9. The molecule has 5 atom stereocenters. The minimum Gasteiger partial charge on any atom is -0.444 e. The Bertz CT molecular complexity index is 1200. The molecule has 242 valence electrons. The Labute approximate surface area is 255 Å². The summed E-state index contributed by atoms with van der Waals surface area (Å²) in [5, 5.41) is 5.59. The third-order valence-corrected chi connectivity index (χ3v) is 10.4. The molecule has 1 saturated carbocycles. The number of carbonyl (C=O) groups excluding carboxylic acids is 4. The maximum Gasteiger partial charge on any atom is 0.408 e. The van der Waals surface area contributed by atoms with E-state index in [1.165, 1.54) is 9.21 Å². The Balaban J connectivity index is 1.54. The molecule has 3 N–H and O–H groups in total. The van der Waals surface area contributed by atoms with Crippen LogP contribution < -0.4 is 15.4 Å². The molecule has 0 aromatic heterocycles. The lowest BCUT2D eigenvalue weighted by molar-refractivity contribution is -0.141. The topological polar surface area (TPSA) is 154 Å². The highest BCUT2D eigenvalue weighted by Crippen LogP contribution is 2.46. The van der Waals surface area contributed by atoms with Crippen molar-refractivity contribution in [1.29, 1.82) is 0 Å². The van der Waals surface area contributed by atoms with Gasteiger partial charge >= 0.3 is 16.3 Å². The molecular formula is C30H49N5O7S. The van der Waals surface area contributed by atoms with Crippen molar-refractivity contribution in [3.63, 3.8) is 0 Å². The van der Waals surface area contributed by atoms with Gasteiger partial charge in [0.2, 0.25) is 11.8 Å². The molecule has 2 unspecified atom stereocenters. The molecule has 13 heteroatoms. The van der Waals surface area contributed by atoms with E-state index in [4.69, 9.17) is 4.74 Å². The molecule has 0 radical (unpaired) electrons. The Hall–Kier alpha value is -2.67. The lowest BCUT2D eigenvalue weighted by atomic mass is 10.0. The van der Waals surface area contributed by atoms with E-state index in [2.05, 4.69) is 15.4 Å². The van der Waals surface area contributed by atoms with E-state index >= 15 is 0 Å². The summed E-state index contributed by atoms with van der Waals surface area (Å²) in [5.74, 6) is -1.96. The Morgan fingerprint density at radius 2 is 1.79 bits per heavy atom. The summed E-state index contributed by atoms with van der Waals surface area (Å²) in [6, 6.07) is -1.86. The summed E-state index contributed by atoms with van der Waals surface area (Å²) in [6.07, 6.45) is 11.0. The average molecular weight is 624 g/mol. The van der Waals surface area contributed by atoms with Crippen molar-refractivity contribution in [3.8, 4) is 0 Å². The molecule has 0 aromatic carbocycles. The number of nitrogens with one attached hydrogen (secondary N) is 3. The number of alkyl carbamates (subject to hydrolysis) is 1. The van der Waals surface area contributed by atoms with E-state index in [9.17, 15) is 27.6 Å². The number of carbonyl (C=O) groups is 4. The van der Waals surface area contributed by atoms with Crippen LogP contribution in [0.5, 0.6) is 0 Å². The van der Waals surface area contributed by atoms with Crippen LogP contribution in [0.25, 0.3) is 0 Å². The molecule has 1 aliphatic carbocycles. The van der Waals surface area contributed by atoms with Crippen LogP contribution in [-0.2, 0) is 29.3 Å². The maximum atomic E-state index is 13.7. The smallest absolute Gasteiger partial charge is 0.408 e. The zero-order valence-electron chi connectivity index (χ0n) is 26.0. The monoisotopic (exact) mass is 623 g/mol. The van der Waals surface area contributed by atoms with Gasteiger partial charge in [-0.05, 0) is 78.6 Å². The van der Waals surface area contributed by atoms with E-state index in [-0.39, 0.29) is 24.3 Å². The van der Waals surface area contributed by atoms with Crippen molar-refractivity contribution in [3.05, 3.63) is 12.2 Å². The molecule has 3 aliphatic heterocycles. The first-order valence-electron chi connectivity index (χ1n) is 15.9. The summed E-state index contributed by atoms with van der Waals surface area (Å²) >= 11 is 0. The average Bonchev–Trinajstić information content (AvgIpc) is 3.39. The van der Waals surface area contributed by atoms with E-state index in [1.807, 2.05) is 19.1 Å². The summed E-state index contributed by atoms with van der Waals surface area (Å²) in [6.45, 7) is 7.86. The number of amides is 4. The Kier molecular flexibility index (Phi) is 10.5. The Morgan fingerprint density at radius 1 is 1.05 bits per heavy atom. The third-order valence-electron chi connectivity index (χ3n) is 8.90. The van der Waals surface area contributed by atoms with Crippen LogP contribution >= 0.6 is 0 Å². The van der Waals surface area contributed by atoms with E-state index < -0.39 is 51.3 Å². The minimum absolute atomic E-state index is 0.172. The predicted octanol–water partition coefficient (Wildman–Crippen LogP) is 2.89. The van der Waals surface area contributed by atoms with Crippen LogP contribution in [0.15, 0.2) is 12.2 Å². The maximum absolute atomic E-state index is 13.7. The van der Waals surface area contributed by atoms with Crippen LogP contribution in [0.1, 0.15) is 105 Å². The van der Waals surface area contributed by atoms with Crippen molar-refractivity contribution in [2.45, 2.75) is 134 Å². The van der Waals surface area contributed by atoms with Crippen LogP contribution in [0.3, 0.4) is 0 Å². The van der Waals surface area contributed by atoms with Gasteiger partial charge in [-0.25, -0.2) is 9.52 Å². The first-order chi connectivity index (χ1) is 20.3. The number of nitrogens with zero attached hydrogens (tertiary/aromatic N) is 2. The molecule has 3 fully saturated rings. The number of hydrogen-bond acceptors (Lipinski definition) is 7. The van der Waals surface area contributed by atoms with E-state index in [0.29, 0.717) is 45.2 Å². The van der Waals surface area contributed by atoms with Crippen molar-refractivity contribution in [2.24, 2.45) is 5.92 Å². The number of fused-ring (bicyclic) bond motifs is 2. The molecule has 0 aromatic rings. The van der Waals surface area contributed by atoms with Gasteiger partial charge in [-0.15, -0.1) is 0 Å². The highest BCUT2D eigenvalue weighted by atomic mass is 32.2. The molecule has 3 heterocycles. The fourth-order valence-corrected chi connectivity index (χ4v) is 8.06. The van der Waals surface area contributed by atoms with Gasteiger partial charge in [0.05, 0.1) is 0 Å².